The summed E-state index contributed by atoms with van der Waals surface area (Å²) in [6, 6.07) is 12.9. The average Bonchev–Trinajstić information content (AvgIpc) is 3.19. The number of anilines is 1. The van der Waals surface area contributed by atoms with Crippen molar-refractivity contribution in [2.75, 3.05) is 44.3 Å². The van der Waals surface area contributed by atoms with Crippen molar-refractivity contribution in [2.45, 2.75) is 46.0 Å². The molecule has 2 fully saturated rings. The van der Waals surface area contributed by atoms with E-state index >= 15 is 0 Å². The van der Waals surface area contributed by atoms with Crippen LogP contribution in [-0.2, 0) is 9.53 Å². The van der Waals surface area contributed by atoms with E-state index in [9.17, 15) is 10.1 Å². The first-order valence-corrected chi connectivity index (χ1v) is 12.1. The molecule has 2 aromatic rings. The lowest BCUT2D eigenvalue weighted by Gasteiger charge is -2.29. The average molecular weight is 447 g/mol. The van der Waals surface area contributed by atoms with Gasteiger partial charge in [-0.25, -0.2) is 0 Å². The molecule has 0 unspecified atom stereocenters. The van der Waals surface area contributed by atoms with Crippen molar-refractivity contribution in [3.63, 3.8) is 0 Å². The van der Waals surface area contributed by atoms with Crippen molar-refractivity contribution >= 4 is 17.7 Å². The van der Waals surface area contributed by atoms with Crippen LogP contribution in [0.4, 0.5) is 5.69 Å². The van der Waals surface area contributed by atoms with Gasteiger partial charge in [-0.05, 0) is 74.1 Å². The van der Waals surface area contributed by atoms with Gasteiger partial charge >= 0.3 is 0 Å². The Kier molecular flexibility index (Phi) is 7.20. The van der Waals surface area contributed by atoms with Crippen LogP contribution in [0.3, 0.4) is 0 Å². The van der Waals surface area contributed by atoms with Crippen molar-refractivity contribution in [1.82, 2.24) is 9.47 Å². The maximum atomic E-state index is 12.9. The van der Waals surface area contributed by atoms with Crippen LogP contribution in [-0.4, -0.2) is 54.8 Å². The molecule has 3 heterocycles. The van der Waals surface area contributed by atoms with Crippen molar-refractivity contribution in [3.8, 4) is 11.8 Å². The highest BCUT2D eigenvalue weighted by Gasteiger charge is 2.22. The number of ether oxygens (including phenoxy) is 1. The van der Waals surface area contributed by atoms with Crippen LogP contribution in [0.15, 0.2) is 35.9 Å². The molecule has 33 heavy (non-hydrogen) atoms. The smallest absolute Gasteiger partial charge is 0.264 e. The van der Waals surface area contributed by atoms with Crippen LogP contribution in [0.5, 0.6) is 0 Å². The Morgan fingerprint density at radius 2 is 1.67 bits per heavy atom. The van der Waals surface area contributed by atoms with Crippen LogP contribution >= 0.6 is 0 Å². The van der Waals surface area contributed by atoms with Gasteiger partial charge in [-0.1, -0.05) is 13.8 Å². The predicted octanol–water partition coefficient (Wildman–Crippen LogP) is 4.67. The third-order valence-electron chi connectivity index (χ3n) is 6.68. The molecule has 0 atom stereocenters. The fourth-order valence-electron chi connectivity index (χ4n) is 4.76. The highest BCUT2D eigenvalue weighted by atomic mass is 16.5. The summed E-state index contributed by atoms with van der Waals surface area (Å²) in [5.41, 5.74) is 5.65. The summed E-state index contributed by atoms with van der Waals surface area (Å²) < 4.78 is 7.72. The van der Waals surface area contributed by atoms with Crippen LogP contribution in [0.2, 0.25) is 0 Å². The van der Waals surface area contributed by atoms with Crippen molar-refractivity contribution in [1.29, 1.82) is 5.26 Å². The molecule has 2 aliphatic rings. The number of piperidine rings is 1. The highest BCUT2D eigenvalue weighted by Crippen LogP contribution is 2.29. The van der Waals surface area contributed by atoms with Gasteiger partial charge < -0.3 is 19.1 Å². The number of morpholine rings is 1. The Hall–Kier alpha value is -3.04. The molecule has 2 aliphatic heterocycles. The third kappa shape index (κ3) is 4.99. The van der Waals surface area contributed by atoms with Gasteiger partial charge in [-0.15, -0.1) is 0 Å². The minimum Gasteiger partial charge on any atom is -0.378 e. The topological polar surface area (TPSA) is 61.5 Å². The van der Waals surface area contributed by atoms with E-state index in [-0.39, 0.29) is 11.5 Å². The van der Waals surface area contributed by atoms with E-state index in [1.807, 2.05) is 4.90 Å². The van der Waals surface area contributed by atoms with Crippen LogP contribution in [0.1, 0.15) is 56.0 Å². The molecular formula is C27H34N4O2. The SMILES string of the molecule is Cc1c(/C=C(\C#N)C(=O)N2CCCCC2)cc(C(C)C)n1-c1ccc(N2CCOCC2)cc1. The summed E-state index contributed by atoms with van der Waals surface area (Å²) in [6.45, 7) is 11.2. The van der Waals surface area contributed by atoms with Gasteiger partial charge in [0, 0.05) is 48.9 Å². The molecule has 1 aromatic heterocycles. The first kappa shape index (κ1) is 23.1. The molecule has 1 amide bonds. The van der Waals surface area contributed by atoms with E-state index in [0.29, 0.717) is 5.92 Å². The number of benzene rings is 1. The molecule has 0 spiro atoms. The summed E-state index contributed by atoms with van der Waals surface area (Å²) in [5.74, 6) is 0.151. The van der Waals surface area contributed by atoms with Crippen molar-refractivity contribution < 1.29 is 9.53 Å². The second-order valence-electron chi connectivity index (χ2n) is 9.24. The van der Waals surface area contributed by atoms with E-state index < -0.39 is 0 Å². The number of nitrogens with zero attached hydrogens (tertiary/aromatic N) is 4. The molecule has 0 saturated carbocycles. The number of hydrogen-bond acceptors (Lipinski definition) is 4. The molecule has 6 heteroatoms. The van der Waals surface area contributed by atoms with Crippen LogP contribution in [0.25, 0.3) is 11.8 Å². The molecule has 174 valence electrons. The van der Waals surface area contributed by atoms with Gasteiger partial charge in [-0.2, -0.15) is 5.26 Å². The maximum absolute atomic E-state index is 12.9. The largest absolute Gasteiger partial charge is 0.378 e. The third-order valence-corrected chi connectivity index (χ3v) is 6.68. The van der Waals surface area contributed by atoms with Gasteiger partial charge in [-0.3, -0.25) is 4.79 Å². The monoisotopic (exact) mass is 446 g/mol. The Morgan fingerprint density at radius 1 is 1.03 bits per heavy atom. The van der Waals surface area contributed by atoms with E-state index in [0.717, 1.165) is 75.6 Å². The standard InChI is InChI=1S/C27H34N4O2/c1-20(2)26-18-22(17-23(19-28)27(32)30-11-5-4-6-12-30)21(3)31(26)25-9-7-24(8-10-25)29-13-15-33-16-14-29/h7-10,17-18,20H,4-6,11-16H2,1-3H3/b23-17+. The predicted molar refractivity (Wildman–Crippen MR) is 132 cm³/mol. The normalized spacial score (nSPS) is 17.4. The van der Waals surface area contributed by atoms with Gasteiger partial charge in [0.15, 0.2) is 0 Å². The zero-order valence-corrected chi connectivity index (χ0v) is 20.0. The lowest BCUT2D eigenvalue weighted by atomic mass is 10.1. The van der Waals surface area contributed by atoms with Gasteiger partial charge in [0.1, 0.15) is 11.6 Å². The highest BCUT2D eigenvalue weighted by molar-refractivity contribution is 6.01. The molecule has 0 N–H and O–H groups in total. The van der Waals surface area contributed by atoms with E-state index in [1.165, 1.54) is 11.4 Å². The number of amides is 1. The summed E-state index contributed by atoms with van der Waals surface area (Å²) in [7, 11) is 0. The summed E-state index contributed by atoms with van der Waals surface area (Å²) in [6.07, 6.45) is 4.95. The Morgan fingerprint density at radius 3 is 2.27 bits per heavy atom. The lowest BCUT2D eigenvalue weighted by molar-refractivity contribution is -0.127. The Labute approximate surface area is 197 Å². The summed E-state index contributed by atoms with van der Waals surface area (Å²) >= 11 is 0. The van der Waals surface area contributed by atoms with E-state index in [1.54, 1.807) is 6.08 Å². The Bertz CT molecular complexity index is 1050. The second-order valence-corrected chi connectivity index (χ2v) is 9.24. The molecule has 0 radical (unpaired) electrons. The van der Waals surface area contributed by atoms with E-state index in [2.05, 4.69) is 66.6 Å². The van der Waals surface area contributed by atoms with Crippen molar-refractivity contribution in [3.05, 3.63) is 52.9 Å². The number of nitriles is 1. The van der Waals surface area contributed by atoms with Gasteiger partial charge in [0.2, 0.25) is 0 Å². The number of rotatable bonds is 5. The van der Waals surface area contributed by atoms with Crippen molar-refractivity contribution in [2.24, 2.45) is 0 Å². The lowest BCUT2D eigenvalue weighted by Crippen LogP contribution is -2.36. The van der Waals surface area contributed by atoms with E-state index in [4.69, 9.17) is 4.74 Å². The first-order valence-electron chi connectivity index (χ1n) is 12.1. The number of hydrogen-bond donors (Lipinski definition) is 0. The molecular weight excluding hydrogens is 412 g/mol. The number of carbonyl (C=O) groups is 1. The number of carbonyl (C=O) groups excluding carboxylic acids is 1. The minimum absolute atomic E-state index is 0.148. The Balaban J connectivity index is 1.66. The molecule has 2 saturated heterocycles. The fourth-order valence-corrected chi connectivity index (χ4v) is 4.76. The number of aromatic nitrogens is 1. The van der Waals surface area contributed by atoms with Gasteiger partial charge in [0.05, 0.1) is 13.2 Å². The quantitative estimate of drug-likeness (QED) is 0.495. The summed E-state index contributed by atoms with van der Waals surface area (Å²) in [4.78, 5) is 17.1. The second kappa shape index (κ2) is 10.3. The first-order chi connectivity index (χ1) is 16.0. The summed E-state index contributed by atoms with van der Waals surface area (Å²) in [5, 5.41) is 9.75. The molecule has 4 rings (SSSR count). The molecule has 0 bridgehead atoms. The van der Waals surface area contributed by atoms with Crippen LogP contribution < -0.4 is 4.90 Å². The zero-order chi connectivity index (χ0) is 23.4. The molecule has 6 nitrogen and oxygen atoms in total. The van der Waals surface area contributed by atoms with Gasteiger partial charge in [0.25, 0.3) is 5.91 Å². The zero-order valence-electron chi connectivity index (χ0n) is 20.0. The fraction of sp³-hybridized carbons (Fsp3) is 0.481. The molecule has 1 aromatic carbocycles. The number of likely N-dealkylation sites (tertiary alicyclic amines) is 1. The van der Waals surface area contributed by atoms with Crippen LogP contribution in [0, 0.1) is 18.3 Å². The minimum atomic E-state index is -0.148. The maximum Gasteiger partial charge on any atom is 0.264 e. The molecule has 0 aliphatic carbocycles.